The van der Waals surface area contributed by atoms with Gasteiger partial charge in [0.2, 0.25) is 0 Å². The smallest absolute Gasteiger partial charge is 0.146 e. The third-order valence-corrected chi connectivity index (χ3v) is 12.0. The summed E-state index contributed by atoms with van der Waals surface area (Å²) in [6.45, 7) is 0. The highest BCUT2D eigenvalue weighted by Gasteiger charge is 2.51. The first-order chi connectivity index (χ1) is 28.3. The average Bonchev–Trinajstić information content (AvgIpc) is 3.80. The number of hydrogen-bond donors (Lipinski definition) is 1. The van der Waals surface area contributed by atoms with Crippen LogP contribution < -0.4 is 10.1 Å². The Hall–Kier alpha value is -7.43. The van der Waals surface area contributed by atoms with Crippen molar-refractivity contribution in [1.29, 1.82) is 0 Å². The Bertz CT molecular complexity index is 3110. The summed E-state index contributed by atoms with van der Waals surface area (Å²) >= 11 is 0. The molecule has 0 saturated heterocycles. The number of nitrogens with zero attached hydrogens (tertiary/aromatic N) is 1. The van der Waals surface area contributed by atoms with Crippen molar-refractivity contribution >= 4 is 33.3 Å². The van der Waals surface area contributed by atoms with E-state index in [0.29, 0.717) is 0 Å². The van der Waals surface area contributed by atoms with Crippen LogP contribution in [0.4, 0.5) is 0 Å². The fraction of sp³-hybridized carbons (Fsp3) is 0.0377. The maximum absolute atomic E-state index is 7.09. The summed E-state index contributed by atoms with van der Waals surface area (Å²) in [5.74, 6) is 1.73. The maximum Gasteiger partial charge on any atom is 0.146 e. The van der Waals surface area contributed by atoms with Gasteiger partial charge < -0.3 is 14.5 Å². The van der Waals surface area contributed by atoms with E-state index in [9.17, 15) is 0 Å². The second kappa shape index (κ2) is 12.3. The lowest BCUT2D eigenvalue weighted by molar-refractivity contribution is 0.438. The van der Waals surface area contributed by atoms with Crippen LogP contribution in [0.5, 0.6) is 11.5 Å². The highest BCUT2D eigenvalue weighted by molar-refractivity contribution is 6.15. The molecule has 3 aliphatic rings. The Kier molecular flexibility index (Phi) is 6.87. The monoisotopic (exact) mass is 730 g/mol. The largest absolute Gasteiger partial charge is 0.456 e. The lowest BCUT2D eigenvalue weighted by Crippen LogP contribution is -2.32. The van der Waals surface area contributed by atoms with Gasteiger partial charge in [-0.1, -0.05) is 164 Å². The number of aliphatic imine (C=N–C) groups is 1. The lowest BCUT2D eigenvalue weighted by atomic mass is 9.65. The number of fused-ring (bicyclic) bond motifs is 12. The molecule has 1 aliphatic carbocycles. The Labute approximate surface area is 330 Å². The molecule has 0 bridgehead atoms. The number of furan rings is 1. The van der Waals surface area contributed by atoms with Crippen LogP contribution in [0.15, 0.2) is 204 Å². The van der Waals surface area contributed by atoms with Gasteiger partial charge in [-0.05, 0) is 63.7 Å². The molecular formula is C53H34N2O2. The van der Waals surface area contributed by atoms with Crippen LogP contribution in [-0.4, -0.2) is 5.71 Å². The minimum atomic E-state index is -0.546. The number of rotatable bonds is 4. The molecule has 2 aliphatic heterocycles. The zero-order valence-corrected chi connectivity index (χ0v) is 30.8. The predicted octanol–water partition coefficient (Wildman–Crippen LogP) is 12.9. The topological polar surface area (TPSA) is 46.8 Å². The molecule has 3 heterocycles. The van der Waals surface area contributed by atoms with Gasteiger partial charge in [0.1, 0.15) is 28.8 Å². The fourth-order valence-electron chi connectivity index (χ4n) is 9.58. The van der Waals surface area contributed by atoms with E-state index in [1.165, 1.54) is 22.3 Å². The summed E-state index contributed by atoms with van der Waals surface area (Å²) in [5.41, 5.74) is 15.7. The molecule has 0 amide bonds. The summed E-state index contributed by atoms with van der Waals surface area (Å²) in [6, 6.07) is 66.7. The predicted molar refractivity (Wildman–Crippen MR) is 230 cm³/mol. The zero-order valence-electron chi connectivity index (χ0n) is 30.8. The van der Waals surface area contributed by atoms with Crippen molar-refractivity contribution in [2.45, 2.75) is 11.6 Å². The molecule has 268 valence electrons. The van der Waals surface area contributed by atoms with Gasteiger partial charge in [0.25, 0.3) is 0 Å². The van der Waals surface area contributed by atoms with E-state index in [2.05, 4.69) is 187 Å². The number of benzene rings is 8. The van der Waals surface area contributed by atoms with Crippen molar-refractivity contribution in [1.82, 2.24) is 5.32 Å². The Morgan fingerprint density at radius 2 is 1.11 bits per heavy atom. The van der Waals surface area contributed by atoms with Gasteiger partial charge >= 0.3 is 0 Å². The van der Waals surface area contributed by atoms with Gasteiger partial charge in [-0.3, -0.25) is 4.99 Å². The molecular weight excluding hydrogens is 697 g/mol. The molecule has 1 atom stereocenters. The first-order valence-corrected chi connectivity index (χ1v) is 19.5. The quantitative estimate of drug-likeness (QED) is 0.196. The second-order valence-electron chi connectivity index (χ2n) is 15.0. The third-order valence-electron chi connectivity index (χ3n) is 12.0. The summed E-state index contributed by atoms with van der Waals surface area (Å²) in [4.78, 5) is 5.47. The Morgan fingerprint density at radius 1 is 0.474 bits per heavy atom. The van der Waals surface area contributed by atoms with E-state index >= 15 is 0 Å². The normalized spacial score (nSPS) is 15.8. The lowest BCUT2D eigenvalue weighted by Gasteiger charge is -2.40. The molecule has 1 N–H and O–H groups in total. The van der Waals surface area contributed by atoms with E-state index in [1.807, 2.05) is 12.1 Å². The molecule has 0 radical (unpaired) electrons. The molecule has 0 saturated carbocycles. The van der Waals surface area contributed by atoms with Crippen molar-refractivity contribution in [2.24, 2.45) is 4.99 Å². The van der Waals surface area contributed by atoms with Crippen molar-refractivity contribution in [2.75, 3.05) is 0 Å². The highest BCUT2D eigenvalue weighted by Crippen LogP contribution is 2.63. The van der Waals surface area contributed by atoms with Gasteiger partial charge in [0, 0.05) is 44.3 Å². The van der Waals surface area contributed by atoms with Crippen LogP contribution in [-0.2, 0) is 5.41 Å². The van der Waals surface area contributed by atoms with Crippen molar-refractivity contribution in [3.05, 3.63) is 233 Å². The average molecular weight is 731 g/mol. The minimum absolute atomic E-state index is 0.392. The number of hydrogen-bond acceptors (Lipinski definition) is 4. The SMILES string of the molecule is C1=C(c2ccccc2)NC(c2ccccc2-c2cccc3c2Oc2ccccc2C32c3ccccc3-c3ccccc32)N=C1c1ccc2c(c1)oc1ccccc12. The molecule has 1 aromatic heterocycles. The van der Waals surface area contributed by atoms with E-state index < -0.39 is 11.6 Å². The van der Waals surface area contributed by atoms with Crippen molar-refractivity contribution in [3.63, 3.8) is 0 Å². The molecule has 57 heavy (non-hydrogen) atoms. The molecule has 1 spiro atoms. The Morgan fingerprint density at radius 3 is 1.93 bits per heavy atom. The van der Waals surface area contributed by atoms with Crippen LogP contribution in [0.3, 0.4) is 0 Å². The minimum Gasteiger partial charge on any atom is -0.456 e. The number of para-hydroxylation sites is 3. The van der Waals surface area contributed by atoms with E-state index in [4.69, 9.17) is 14.1 Å². The number of ether oxygens (including phenoxy) is 1. The van der Waals surface area contributed by atoms with E-state index in [0.717, 1.165) is 83.8 Å². The van der Waals surface area contributed by atoms with Gasteiger partial charge in [-0.15, -0.1) is 0 Å². The standard InChI is InChI=1S/C53H34N2O2/c1-2-15-33(16-3-1)46-32-47(34-29-30-39-38-20-8-12-27-48(38)56-50(39)31-34)55-52(54-46)41-21-5-4-17-35(41)40-22-14-26-45-51(40)57-49-28-13-11-25-44(49)53(45)42-23-9-6-18-36(42)37-19-7-10-24-43(37)53/h1-32,52,54H. The summed E-state index contributed by atoms with van der Waals surface area (Å²) in [5, 5.41) is 6.04. The van der Waals surface area contributed by atoms with Gasteiger partial charge in [0.05, 0.1) is 11.1 Å². The molecule has 1 unspecified atom stereocenters. The van der Waals surface area contributed by atoms with Crippen LogP contribution in [0, 0.1) is 0 Å². The van der Waals surface area contributed by atoms with Crippen molar-refractivity contribution < 1.29 is 9.15 Å². The Balaban J connectivity index is 1.05. The number of allylic oxidation sites excluding steroid dienone is 1. The zero-order chi connectivity index (χ0) is 37.5. The summed E-state index contributed by atoms with van der Waals surface area (Å²) < 4.78 is 13.4. The molecule has 8 aromatic carbocycles. The summed E-state index contributed by atoms with van der Waals surface area (Å²) in [6.07, 6.45) is 1.76. The molecule has 9 aromatic rings. The number of nitrogens with one attached hydrogen (secondary N) is 1. The highest BCUT2D eigenvalue weighted by atomic mass is 16.5. The molecule has 4 nitrogen and oxygen atoms in total. The fourth-order valence-corrected chi connectivity index (χ4v) is 9.58. The van der Waals surface area contributed by atoms with E-state index in [-0.39, 0.29) is 0 Å². The first kappa shape index (κ1) is 31.9. The van der Waals surface area contributed by atoms with Gasteiger partial charge in [-0.25, -0.2) is 0 Å². The maximum atomic E-state index is 7.09. The van der Waals surface area contributed by atoms with Crippen LogP contribution in [0.25, 0.3) is 49.9 Å². The van der Waals surface area contributed by atoms with Crippen molar-refractivity contribution in [3.8, 4) is 33.8 Å². The molecule has 0 fully saturated rings. The van der Waals surface area contributed by atoms with Gasteiger partial charge in [0.15, 0.2) is 0 Å². The van der Waals surface area contributed by atoms with Gasteiger partial charge in [-0.2, -0.15) is 0 Å². The molecule has 4 heteroatoms. The second-order valence-corrected chi connectivity index (χ2v) is 15.0. The summed E-state index contributed by atoms with van der Waals surface area (Å²) in [7, 11) is 0. The first-order valence-electron chi connectivity index (χ1n) is 19.5. The van der Waals surface area contributed by atoms with Crippen LogP contribution in [0.1, 0.15) is 45.1 Å². The molecule has 12 rings (SSSR count). The van der Waals surface area contributed by atoms with Crippen LogP contribution >= 0.6 is 0 Å². The van der Waals surface area contributed by atoms with Crippen LogP contribution in [0.2, 0.25) is 0 Å². The van der Waals surface area contributed by atoms with E-state index in [1.54, 1.807) is 0 Å². The third kappa shape index (κ3) is 4.65.